The van der Waals surface area contributed by atoms with Crippen molar-refractivity contribution in [2.45, 2.75) is 174 Å². The van der Waals surface area contributed by atoms with Gasteiger partial charge in [0.1, 0.15) is 6.17 Å². The number of rotatable bonds is 27. The minimum Gasteiger partial charge on any atom is -0.378 e. The van der Waals surface area contributed by atoms with E-state index < -0.39 is 0 Å². The molecule has 2 aliphatic rings. The molecule has 0 bridgehead atoms. The van der Waals surface area contributed by atoms with Crippen molar-refractivity contribution in [3.05, 3.63) is 0 Å². The lowest BCUT2D eigenvalue weighted by molar-refractivity contribution is -0.135. The summed E-state index contributed by atoms with van der Waals surface area (Å²) in [4.78, 5) is 28.2. The Bertz CT molecular complexity index is 624. The minimum absolute atomic E-state index is 0.137. The smallest absolute Gasteiger partial charge is 0.320 e. The molecule has 0 radical (unpaired) electrons. The highest BCUT2D eigenvalue weighted by Crippen LogP contribution is 2.19. The van der Waals surface area contributed by atoms with Crippen molar-refractivity contribution < 1.29 is 14.3 Å². The van der Waals surface area contributed by atoms with Gasteiger partial charge >= 0.3 is 6.03 Å². The summed E-state index contributed by atoms with van der Waals surface area (Å²) in [5.41, 5.74) is 0. The fraction of sp³-hybridized carbons (Fsp3) is 0.941. The molecular formula is C34H65N3O3. The van der Waals surface area contributed by atoms with E-state index in [1.165, 1.54) is 128 Å². The number of carbonyl (C=O) groups excluding carboxylic acids is 2. The SMILES string of the molecule is CCCCCCCCCCCCCCCCCC1NC(=O)N1CCCCCCCCCCC(=O)N1CCOCC1. The van der Waals surface area contributed by atoms with Gasteiger partial charge in [0.25, 0.3) is 0 Å². The van der Waals surface area contributed by atoms with Crippen molar-refractivity contribution in [2.24, 2.45) is 0 Å². The number of unbranched alkanes of at least 4 members (excludes halogenated alkanes) is 21. The van der Waals surface area contributed by atoms with Gasteiger partial charge in [0.2, 0.25) is 5.91 Å². The van der Waals surface area contributed by atoms with E-state index in [4.69, 9.17) is 4.74 Å². The van der Waals surface area contributed by atoms with Crippen LogP contribution in [0.3, 0.4) is 0 Å². The number of ether oxygens (including phenoxy) is 1. The number of nitrogens with zero attached hydrogens (tertiary/aromatic N) is 2. The van der Waals surface area contributed by atoms with Crippen molar-refractivity contribution in [1.82, 2.24) is 15.1 Å². The maximum atomic E-state index is 12.2. The highest BCUT2D eigenvalue weighted by molar-refractivity contribution is 5.80. The van der Waals surface area contributed by atoms with Crippen molar-refractivity contribution in [3.8, 4) is 0 Å². The lowest BCUT2D eigenvalue weighted by Crippen LogP contribution is -2.65. The van der Waals surface area contributed by atoms with Gasteiger partial charge in [-0.15, -0.1) is 0 Å². The zero-order valence-corrected chi connectivity index (χ0v) is 26.4. The van der Waals surface area contributed by atoms with Crippen LogP contribution in [-0.4, -0.2) is 60.8 Å². The van der Waals surface area contributed by atoms with Gasteiger partial charge in [-0.1, -0.05) is 135 Å². The summed E-state index contributed by atoms with van der Waals surface area (Å²) in [5, 5.41) is 3.11. The number of nitrogens with one attached hydrogen (secondary N) is 1. The highest BCUT2D eigenvalue weighted by atomic mass is 16.5. The largest absolute Gasteiger partial charge is 0.378 e. The van der Waals surface area contributed by atoms with Gasteiger partial charge in [-0.3, -0.25) is 4.79 Å². The third-order valence-corrected chi connectivity index (χ3v) is 8.91. The third-order valence-electron chi connectivity index (χ3n) is 8.91. The topological polar surface area (TPSA) is 61.9 Å². The highest BCUT2D eigenvalue weighted by Gasteiger charge is 2.33. The third kappa shape index (κ3) is 16.8. The van der Waals surface area contributed by atoms with E-state index in [0.29, 0.717) is 25.5 Å². The number of carbonyl (C=O) groups is 2. The van der Waals surface area contributed by atoms with Gasteiger partial charge in [0.05, 0.1) is 13.2 Å². The van der Waals surface area contributed by atoms with E-state index in [2.05, 4.69) is 17.1 Å². The molecule has 1 atom stereocenters. The second-order valence-electron chi connectivity index (χ2n) is 12.5. The molecule has 1 unspecified atom stereocenters. The summed E-state index contributed by atoms with van der Waals surface area (Å²) >= 11 is 0. The molecule has 0 aliphatic carbocycles. The van der Waals surface area contributed by atoms with Crippen LogP contribution in [0.25, 0.3) is 0 Å². The maximum absolute atomic E-state index is 12.2. The van der Waals surface area contributed by atoms with E-state index in [-0.39, 0.29) is 12.2 Å². The molecule has 6 heteroatoms. The molecule has 0 saturated carbocycles. The molecule has 6 nitrogen and oxygen atoms in total. The number of morpholine rings is 1. The molecule has 2 aliphatic heterocycles. The summed E-state index contributed by atoms with van der Waals surface area (Å²) in [5.74, 6) is 0.302. The Hall–Kier alpha value is -1.30. The Morgan fingerprint density at radius 1 is 0.675 bits per heavy atom. The van der Waals surface area contributed by atoms with E-state index in [1.54, 1.807) is 0 Å². The van der Waals surface area contributed by atoms with Crippen LogP contribution in [0.15, 0.2) is 0 Å². The number of amides is 3. The first-order valence-electron chi connectivity index (χ1n) is 17.6. The summed E-state index contributed by atoms with van der Waals surface area (Å²) in [6.45, 7) is 6.11. The first-order chi connectivity index (χ1) is 19.7. The predicted molar refractivity (Wildman–Crippen MR) is 168 cm³/mol. The van der Waals surface area contributed by atoms with Gasteiger partial charge in [0, 0.05) is 26.1 Å². The molecule has 234 valence electrons. The Morgan fingerprint density at radius 3 is 1.62 bits per heavy atom. The molecule has 0 aromatic carbocycles. The monoisotopic (exact) mass is 564 g/mol. The molecule has 2 saturated heterocycles. The fourth-order valence-electron chi connectivity index (χ4n) is 6.16. The van der Waals surface area contributed by atoms with Gasteiger partial charge in [-0.05, 0) is 25.7 Å². The molecule has 2 fully saturated rings. The van der Waals surface area contributed by atoms with Crippen LogP contribution < -0.4 is 5.32 Å². The molecular weight excluding hydrogens is 498 g/mol. The second-order valence-corrected chi connectivity index (χ2v) is 12.5. The zero-order valence-electron chi connectivity index (χ0n) is 26.4. The maximum Gasteiger partial charge on any atom is 0.320 e. The predicted octanol–water partition coefficient (Wildman–Crippen LogP) is 8.97. The first kappa shape index (κ1) is 34.9. The van der Waals surface area contributed by atoms with Crippen LogP contribution in [0.1, 0.15) is 167 Å². The molecule has 0 spiro atoms. The average molecular weight is 564 g/mol. The van der Waals surface area contributed by atoms with Gasteiger partial charge in [-0.25, -0.2) is 4.79 Å². The number of urea groups is 1. The molecule has 3 amide bonds. The van der Waals surface area contributed by atoms with E-state index in [9.17, 15) is 9.59 Å². The van der Waals surface area contributed by atoms with Crippen molar-refractivity contribution in [3.63, 3.8) is 0 Å². The molecule has 0 aromatic heterocycles. The van der Waals surface area contributed by atoms with Crippen molar-refractivity contribution >= 4 is 11.9 Å². The van der Waals surface area contributed by atoms with Crippen LogP contribution >= 0.6 is 0 Å². The molecule has 2 rings (SSSR count). The Labute approximate surface area is 247 Å². The van der Waals surface area contributed by atoms with Crippen LogP contribution in [0.4, 0.5) is 4.79 Å². The van der Waals surface area contributed by atoms with Gasteiger partial charge < -0.3 is 19.9 Å². The average Bonchev–Trinajstić information content (AvgIpc) is 2.97. The minimum atomic E-state index is 0.137. The summed E-state index contributed by atoms with van der Waals surface area (Å²) in [6.07, 6.45) is 32.5. The molecule has 1 N–H and O–H groups in total. The fourth-order valence-corrected chi connectivity index (χ4v) is 6.16. The zero-order chi connectivity index (χ0) is 28.5. The van der Waals surface area contributed by atoms with E-state index >= 15 is 0 Å². The summed E-state index contributed by atoms with van der Waals surface area (Å²) in [6, 6.07) is 0.137. The van der Waals surface area contributed by atoms with Gasteiger partial charge in [0.15, 0.2) is 0 Å². The van der Waals surface area contributed by atoms with Crippen LogP contribution in [0, 0.1) is 0 Å². The Balaban J connectivity index is 1.30. The molecule has 0 aromatic rings. The molecule has 2 heterocycles. The first-order valence-corrected chi connectivity index (χ1v) is 17.6. The van der Waals surface area contributed by atoms with E-state index in [1.807, 2.05) is 4.90 Å². The van der Waals surface area contributed by atoms with Crippen molar-refractivity contribution in [2.75, 3.05) is 32.8 Å². The van der Waals surface area contributed by atoms with E-state index in [0.717, 1.165) is 45.3 Å². The van der Waals surface area contributed by atoms with Crippen LogP contribution in [0.5, 0.6) is 0 Å². The lowest BCUT2D eigenvalue weighted by atomic mass is 10.0. The lowest BCUT2D eigenvalue weighted by Gasteiger charge is -2.42. The number of hydrogen-bond donors (Lipinski definition) is 1. The quantitative estimate of drug-likeness (QED) is 0.101. The summed E-state index contributed by atoms with van der Waals surface area (Å²) in [7, 11) is 0. The molecule has 40 heavy (non-hydrogen) atoms. The van der Waals surface area contributed by atoms with Crippen LogP contribution in [0.2, 0.25) is 0 Å². The second kappa shape index (κ2) is 24.3. The van der Waals surface area contributed by atoms with Gasteiger partial charge in [-0.2, -0.15) is 0 Å². The van der Waals surface area contributed by atoms with Crippen LogP contribution in [-0.2, 0) is 9.53 Å². The standard InChI is InChI=1S/C34H65N3O3/c1-2-3-4-5-6-7-8-9-10-11-12-13-16-19-22-25-32-35-34(39)37(32)27-24-21-18-15-14-17-20-23-26-33(38)36-28-30-40-31-29-36/h32H,2-31H2,1H3,(H,35,39). The van der Waals surface area contributed by atoms with Crippen molar-refractivity contribution in [1.29, 1.82) is 0 Å². The normalized spacial score (nSPS) is 17.2. The summed E-state index contributed by atoms with van der Waals surface area (Å²) < 4.78 is 5.32. The number of hydrogen-bond acceptors (Lipinski definition) is 3. The Morgan fingerprint density at radius 2 is 1.12 bits per heavy atom. The Kier molecular flexibility index (Phi) is 21.2.